The first-order valence-electron chi connectivity index (χ1n) is 8.69. The maximum Gasteiger partial charge on any atom is 0.248 e. The van der Waals surface area contributed by atoms with Crippen LogP contribution in [0.15, 0.2) is 24.7 Å². The van der Waals surface area contributed by atoms with Crippen molar-refractivity contribution in [3.05, 3.63) is 30.4 Å². The third-order valence-electron chi connectivity index (χ3n) is 5.56. The number of nitrogens with zero attached hydrogens (tertiary/aromatic N) is 3. The minimum Gasteiger partial charge on any atom is -0.481 e. The van der Waals surface area contributed by atoms with E-state index in [0.29, 0.717) is 25.1 Å². The summed E-state index contributed by atoms with van der Waals surface area (Å²) in [7, 11) is 1.59. The molecule has 2 aliphatic rings. The van der Waals surface area contributed by atoms with Crippen molar-refractivity contribution in [2.24, 2.45) is 11.7 Å². The SMILES string of the molecule is COc1ccc2c(n1)C(CC(N)C1CCC(F)(F)CC1)n1cncc1-2. The van der Waals surface area contributed by atoms with Crippen molar-refractivity contribution in [1.29, 1.82) is 0 Å². The summed E-state index contributed by atoms with van der Waals surface area (Å²) in [6.45, 7) is 0. The van der Waals surface area contributed by atoms with E-state index in [1.54, 1.807) is 13.4 Å². The van der Waals surface area contributed by atoms with Crippen LogP contribution in [0.2, 0.25) is 0 Å². The molecule has 0 amide bonds. The van der Waals surface area contributed by atoms with E-state index in [9.17, 15) is 8.78 Å². The van der Waals surface area contributed by atoms with Crippen LogP contribution in [0.5, 0.6) is 5.88 Å². The summed E-state index contributed by atoms with van der Waals surface area (Å²) >= 11 is 0. The van der Waals surface area contributed by atoms with Crippen molar-refractivity contribution in [2.75, 3.05) is 7.11 Å². The molecule has 1 fully saturated rings. The van der Waals surface area contributed by atoms with E-state index in [1.165, 1.54) is 0 Å². The predicted octanol–water partition coefficient (Wildman–Crippen LogP) is 3.40. The molecule has 2 aromatic heterocycles. The van der Waals surface area contributed by atoms with Gasteiger partial charge in [0.2, 0.25) is 11.8 Å². The van der Waals surface area contributed by atoms with Crippen LogP contribution in [-0.2, 0) is 0 Å². The van der Waals surface area contributed by atoms with Crippen LogP contribution in [-0.4, -0.2) is 33.6 Å². The molecule has 2 N–H and O–H groups in total. The Morgan fingerprint density at radius 3 is 2.84 bits per heavy atom. The Hall–Kier alpha value is -2.02. The molecule has 0 radical (unpaired) electrons. The normalized spacial score (nSPS) is 23.1. The lowest BCUT2D eigenvalue weighted by Gasteiger charge is -2.33. The monoisotopic (exact) mass is 348 g/mol. The summed E-state index contributed by atoms with van der Waals surface area (Å²) in [5.74, 6) is -1.84. The Morgan fingerprint density at radius 2 is 2.12 bits per heavy atom. The van der Waals surface area contributed by atoms with Crippen molar-refractivity contribution < 1.29 is 13.5 Å². The molecule has 0 saturated heterocycles. The van der Waals surface area contributed by atoms with Crippen molar-refractivity contribution >= 4 is 0 Å². The van der Waals surface area contributed by atoms with E-state index in [-0.39, 0.29) is 30.8 Å². The van der Waals surface area contributed by atoms with Crippen molar-refractivity contribution in [2.45, 2.75) is 50.1 Å². The van der Waals surface area contributed by atoms with Gasteiger partial charge in [0.15, 0.2) is 0 Å². The van der Waals surface area contributed by atoms with E-state index in [1.807, 2.05) is 18.3 Å². The Bertz CT molecular complexity index is 766. The van der Waals surface area contributed by atoms with Gasteiger partial charge < -0.3 is 15.0 Å². The molecule has 0 aromatic carbocycles. The number of nitrogens with two attached hydrogens (primary N) is 1. The number of imidazole rings is 1. The van der Waals surface area contributed by atoms with Gasteiger partial charge in [-0.15, -0.1) is 0 Å². The number of hydrogen-bond acceptors (Lipinski definition) is 4. The van der Waals surface area contributed by atoms with Crippen molar-refractivity contribution in [1.82, 2.24) is 14.5 Å². The molecular weight excluding hydrogens is 326 g/mol. The highest BCUT2D eigenvalue weighted by atomic mass is 19.3. The van der Waals surface area contributed by atoms with E-state index < -0.39 is 5.92 Å². The predicted molar refractivity (Wildman–Crippen MR) is 89.6 cm³/mol. The Kier molecular flexibility index (Phi) is 3.98. The molecule has 1 aliphatic carbocycles. The number of pyridine rings is 1. The lowest BCUT2D eigenvalue weighted by Crippen LogP contribution is -2.37. The Labute approximate surface area is 145 Å². The van der Waals surface area contributed by atoms with Crippen LogP contribution in [0, 0.1) is 5.92 Å². The number of hydrogen-bond donors (Lipinski definition) is 1. The Balaban J connectivity index is 1.57. The summed E-state index contributed by atoms with van der Waals surface area (Å²) in [5.41, 5.74) is 9.40. The van der Waals surface area contributed by atoms with Crippen LogP contribution in [0.3, 0.4) is 0 Å². The molecule has 25 heavy (non-hydrogen) atoms. The average Bonchev–Trinajstić information content (AvgIpc) is 3.17. The van der Waals surface area contributed by atoms with Crippen LogP contribution in [0.4, 0.5) is 8.78 Å². The van der Waals surface area contributed by atoms with Gasteiger partial charge in [0.25, 0.3) is 0 Å². The lowest BCUT2D eigenvalue weighted by atomic mass is 9.80. The van der Waals surface area contributed by atoms with Crippen LogP contribution >= 0.6 is 0 Å². The number of aromatic nitrogens is 3. The first kappa shape index (κ1) is 16.4. The van der Waals surface area contributed by atoms with Gasteiger partial charge in [0.1, 0.15) is 0 Å². The largest absolute Gasteiger partial charge is 0.481 e. The minimum atomic E-state index is -2.53. The van der Waals surface area contributed by atoms with Crippen molar-refractivity contribution in [3.63, 3.8) is 0 Å². The average molecular weight is 348 g/mol. The van der Waals surface area contributed by atoms with E-state index in [0.717, 1.165) is 17.0 Å². The highest BCUT2D eigenvalue weighted by Crippen LogP contribution is 2.43. The summed E-state index contributed by atoms with van der Waals surface area (Å²) in [4.78, 5) is 8.85. The fourth-order valence-corrected chi connectivity index (χ4v) is 4.10. The molecular formula is C18H22F2N4O. The van der Waals surface area contributed by atoms with Crippen LogP contribution in [0.25, 0.3) is 11.3 Å². The summed E-state index contributed by atoms with van der Waals surface area (Å²) in [5, 5.41) is 0. The standard InChI is InChI=1S/C18H22F2N4O/c1-25-16-3-2-12-15-9-22-10-24(15)14(17(12)23-16)8-13(21)11-4-6-18(19,20)7-5-11/h2-3,9-11,13-14H,4-8,21H2,1H3. The first-order valence-corrected chi connectivity index (χ1v) is 8.69. The van der Waals surface area contributed by atoms with Crippen LogP contribution < -0.4 is 10.5 Å². The number of ether oxygens (including phenoxy) is 1. The summed E-state index contributed by atoms with van der Waals surface area (Å²) in [6, 6.07) is 3.65. The number of methoxy groups -OCH3 is 1. The Morgan fingerprint density at radius 1 is 1.36 bits per heavy atom. The van der Waals surface area contributed by atoms with Gasteiger partial charge in [-0.05, 0) is 31.2 Å². The highest BCUT2D eigenvalue weighted by Gasteiger charge is 2.39. The first-order chi connectivity index (χ1) is 12.0. The van der Waals surface area contributed by atoms with Crippen LogP contribution in [0.1, 0.15) is 43.8 Å². The molecule has 3 heterocycles. The molecule has 1 saturated carbocycles. The maximum absolute atomic E-state index is 13.4. The molecule has 4 rings (SSSR count). The number of halogens is 2. The van der Waals surface area contributed by atoms with E-state index >= 15 is 0 Å². The number of alkyl halides is 2. The molecule has 5 nitrogen and oxygen atoms in total. The molecule has 2 atom stereocenters. The van der Waals surface area contributed by atoms with Gasteiger partial charge in [-0.3, -0.25) is 0 Å². The minimum absolute atomic E-state index is 0.0277. The van der Waals surface area contributed by atoms with E-state index in [2.05, 4.69) is 14.5 Å². The zero-order chi connectivity index (χ0) is 17.6. The fourth-order valence-electron chi connectivity index (χ4n) is 4.10. The molecule has 7 heteroatoms. The molecule has 134 valence electrons. The second-order valence-corrected chi connectivity index (χ2v) is 7.08. The quantitative estimate of drug-likeness (QED) is 0.920. The zero-order valence-corrected chi connectivity index (χ0v) is 14.2. The highest BCUT2D eigenvalue weighted by molar-refractivity contribution is 5.67. The van der Waals surface area contributed by atoms with E-state index in [4.69, 9.17) is 10.5 Å². The topological polar surface area (TPSA) is 66.0 Å². The third-order valence-corrected chi connectivity index (χ3v) is 5.56. The smallest absolute Gasteiger partial charge is 0.248 e. The van der Waals surface area contributed by atoms with Crippen molar-refractivity contribution in [3.8, 4) is 17.1 Å². The molecule has 2 aromatic rings. The second kappa shape index (κ2) is 6.05. The third kappa shape index (κ3) is 2.90. The van der Waals surface area contributed by atoms with Gasteiger partial charge in [-0.1, -0.05) is 0 Å². The number of rotatable bonds is 4. The fraction of sp³-hybridized carbons (Fsp3) is 0.556. The molecule has 1 aliphatic heterocycles. The summed E-state index contributed by atoms with van der Waals surface area (Å²) in [6.07, 6.45) is 5.11. The van der Waals surface area contributed by atoms with Gasteiger partial charge >= 0.3 is 0 Å². The zero-order valence-electron chi connectivity index (χ0n) is 14.2. The lowest BCUT2D eigenvalue weighted by molar-refractivity contribution is -0.0486. The maximum atomic E-state index is 13.4. The van der Waals surface area contributed by atoms with Gasteiger partial charge in [-0.25, -0.2) is 18.7 Å². The molecule has 0 bridgehead atoms. The second-order valence-electron chi connectivity index (χ2n) is 7.08. The molecule has 2 unspecified atom stereocenters. The van der Waals surface area contributed by atoms with Gasteiger partial charge in [0.05, 0.1) is 37.1 Å². The molecule has 0 spiro atoms. The van der Waals surface area contributed by atoms with Gasteiger partial charge in [-0.2, -0.15) is 0 Å². The van der Waals surface area contributed by atoms with Gasteiger partial charge in [0, 0.05) is 30.5 Å². The summed E-state index contributed by atoms with van der Waals surface area (Å²) < 4.78 is 34.1. The number of fused-ring (bicyclic) bond motifs is 3.